The smallest absolute Gasteiger partial charge is 0.295 e. The van der Waals surface area contributed by atoms with Gasteiger partial charge in [-0.05, 0) is 12.1 Å². The number of benzene rings is 1. The predicted molar refractivity (Wildman–Crippen MR) is 73.2 cm³/mol. The minimum atomic E-state index is -0.703. The van der Waals surface area contributed by atoms with Crippen LogP contribution in [-0.4, -0.2) is 10.8 Å². The van der Waals surface area contributed by atoms with Gasteiger partial charge in [-0.25, -0.2) is 4.39 Å². The number of hydrogen-bond acceptors (Lipinski definition) is 5. The van der Waals surface area contributed by atoms with Crippen molar-refractivity contribution in [2.24, 2.45) is 5.73 Å². The average molecular weight is 295 g/mol. The zero-order valence-electron chi connectivity index (χ0n) is 10.1. The Bertz CT molecular complexity index is 672. The van der Waals surface area contributed by atoms with Crippen LogP contribution in [-0.2, 0) is 6.54 Å². The quantitative estimate of drug-likeness (QED) is 0.654. The van der Waals surface area contributed by atoms with Gasteiger partial charge < -0.3 is 11.1 Å². The number of primary amides is 1. The number of nitro groups is 1. The topological polar surface area (TPSA) is 98.3 Å². The second kappa shape index (κ2) is 5.66. The molecule has 0 unspecified atom stereocenters. The number of halogens is 1. The minimum absolute atomic E-state index is 0.166. The Morgan fingerprint density at radius 1 is 1.50 bits per heavy atom. The van der Waals surface area contributed by atoms with E-state index < -0.39 is 16.6 Å². The van der Waals surface area contributed by atoms with E-state index in [-0.39, 0.29) is 17.9 Å². The number of nitrogens with two attached hydrogens (primary N) is 1. The maximum absolute atomic E-state index is 13.6. The number of nitrogens with one attached hydrogen (secondary N) is 1. The Morgan fingerprint density at radius 2 is 2.25 bits per heavy atom. The third-order valence-corrected chi connectivity index (χ3v) is 3.50. The Morgan fingerprint density at radius 3 is 2.85 bits per heavy atom. The summed E-state index contributed by atoms with van der Waals surface area (Å²) in [7, 11) is 0. The molecule has 2 aromatic rings. The lowest BCUT2D eigenvalue weighted by Gasteiger charge is -2.06. The zero-order valence-corrected chi connectivity index (χ0v) is 10.9. The number of nitro benzene ring substituents is 1. The first kappa shape index (κ1) is 13.9. The molecule has 2 rings (SSSR count). The molecule has 0 fully saturated rings. The van der Waals surface area contributed by atoms with E-state index in [9.17, 15) is 19.3 Å². The molecule has 0 radical (unpaired) electrons. The van der Waals surface area contributed by atoms with Crippen molar-refractivity contribution in [3.05, 3.63) is 56.0 Å². The van der Waals surface area contributed by atoms with Gasteiger partial charge in [0.25, 0.3) is 5.69 Å². The largest absolute Gasteiger partial charge is 0.372 e. The summed E-state index contributed by atoms with van der Waals surface area (Å²) in [6.07, 6.45) is 0. The lowest BCUT2D eigenvalue weighted by atomic mass is 10.2. The zero-order chi connectivity index (χ0) is 14.7. The summed E-state index contributed by atoms with van der Waals surface area (Å²) in [6.45, 7) is 0.166. The summed E-state index contributed by atoms with van der Waals surface area (Å²) in [5, 5.41) is 15.1. The van der Waals surface area contributed by atoms with Crippen LogP contribution in [0.3, 0.4) is 0 Å². The molecular weight excluding hydrogens is 285 g/mol. The molecule has 0 spiro atoms. The number of hydrogen-bond donors (Lipinski definition) is 2. The average Bonchev–Trinajstić information content (AvgIpc) is 2.86. The van der Waals surface area contributed by atoms with E-state index in [0.29, 0.717) is 5.56 Å². The molecule has 20 heavy (non-hydrogen) atoms. The van der Waals surface area contributed by atoms with Crippen molar-refractivity contribution in [3.63, 3.8) is 0 Å². The van der Waals surface area contributed by atoms with Crippen LogP contribution in [0.1, 0.15) is 15.2 Å². The molecule has 1 amide bonds. The molecule has 0 atom stereocenters. The second-order valence-corrected chi connectivity index (χ2v) is 4.91. The summed E-state index contributed by atoms with van der Waals surface area (Å²) < 4.78 is 13.6. The van der Waals surface area contributed by atoms with Gasteiger partial charge in [0.1, 0.15) is 5.69 Å². The Kier molecular flexibility index (Phi) is 3.94. The van der Waals surface area contributed by atoms with E-state index in [0.717, 1.165) is 10.9 Å². The van der Waals surface area contributed by atoms with E-state index in [4.69, 9.17) is 5.73 Å². The van der Waals surface area contributed by atoms with Gasteiger partial charge in [0.2, 0.25) is 5.91 Å². The highest BCUT2D eigenvalue weighted by Gasteiger charge is 2.17. The third kappa shape index (κ3) is 2.91. The van der Waals surface area contributed by atoms with Gasteiger partial charge in [0.05, 0.1) is 10.5 Å². The summed E-state index contributed by atoms with van der Waals surface area (Å²) >= 11 is 1.26. The summed E-state index contributed by atoms with van der Waals surface area (Å²) in [6, 6.07) is 5.19. The van der Waals surface area contributed by atoms with Gasteiger partial charge in [-0.2, -0.15) is 0 Å². The standard InChI is InChI=1S/C12H10FN3O3S/c13-9-2-1-3-10(16(18)19)11(9)15-5-8-4-7(6-20-8)12(14)17/h1-4,6,15H,5H2,(H2,14,17). The molecule has 0 aliphatic carbocycles. The lowest BCUT2D eigenvalue weighted by molar-refractivity contribution is -0.384. The maximum atomic E-state index is 13.6. The highest BCUT2D eigenvalue weighted by Crippen LogP contribution is 2.28. The fourth-order valence-corrected chi connectivity index (χ4v) is 2.43. The molecule has 0 aliphatic rings. The van der Waals surface area contributed by atoms with Crippen LogP contribution < -0.4 is 11.1 Å². The number of nitrogens with zero attached hydrogens (tertiary/aromatic N) is 1. The van der Waals surface area contributed by atoms with Crippen LogP contribution >= 0.6 is 11.3 Å². The van der Waals surface area contributed by atoms with E-state index in [2.05, 4.69) is 5.32 Å². The van der Waals surface area contributed by atoms with Crippen LogP contribution in [0.25, 0.3) is 0 Å². The van der Waals surface area contributed by atoms with Crippen LogP contribution in [0.15, 0.2) is 29.6 Å². The van der Waals surface area contributed by atoms with E-state index >= 15 is 0 Å². The van der Waals surface area contributed by atoms with Crippen LogP contribution in [0, 0.1) is 15.9 Å². The number of rotatable bonds is 5. The molecule has 0 bridgehead atoms. The number of para-hydroxylation sites is 1. The number of amides is 1. The number of carbonyl (C=O) groups is 1. The molecule has 1 heterocycles. The molecule has 3 N–H and O–H groups in total. The fraction of sp³-hybridized carbons (Fsp3) is 0.0833. The third-order valence-electron chi connectivity index (χ3n) is 2.57. The molecule has 8 heteroatoms. The van der Waals surface area contributed by atoms with Gasteiger partial charge in [-0.1, -0.05) is 6.07 Å². The van der Waals surface area contributed by atoms with Crippen molar-refractivity contribution in [2.45, 2.75) is 6.54 Å². The monoisotopic (exact) mass is 295 g/mol. The number of anilines is 1. The Labute approximate surface area is 117 Å². The van der Waals surface area contributed by atoms with Crippen molar-refractivity contribution in [1.29, 1.82) is 0 Å². The molecule has 1 aromatic carbocycles. The van der Waals surface area contributed by atoms with Gasteiger partial charge in [0, 0.05) is 22.9 Å². The summed E-state index contributed by atoms with van der Waals surface area (Å²) in [5.74, 6) is -1.25. The van der Waals surface area contributed by atoms with Gasteiger partial charge >= 0.3 is 0 Å². The van der Waals surface area contributed by atoms with E-state index in [1.165, 1.54) is 23.5 Å². The van der Waals surface area contributed by atoms with E-state index in [1.807, 2.05) is 0 Å². The van der Waals surface area contributed by atoms with E-state index in [1.54, 1.807) is 11.4 Å². The highest BCUT2D eigenvalue weighted by molar-refractivity contribution is 7.10. The lowest BCUT2D eigenvalue weighted by Crippen LogP contribution is -2.09. The number of thiophene rings is 1. The fourth-order valence-electron chi connectivity index (χ4n) is 1.62. The second-order valence-electron chi connectivity index (χ2n) is 3.91. The van der Waals surface area contributed by atoms with Crippen LogP contribution in [0.5, 0.6) is 0 Å². The first-order valence-electron chi connectivity index (χ1n) is 5.53. The van der Waals surface area contributed by atoms with Gasteiger partial charge in [0.15, 0.2) is 5.82 Å². The van der Waals surface area contributed by atoms with Crippen molar-refractivity contribution < 1.29 is 14.1 Å². The van der Waals surface area contributed by atoms with Crippen molar-refractivity contribution in [3.8, 4) is 0 Å². The molecule has 0 saturated heterocycles. The Hall–Kier alpha value is -2.48. The van der Waals surface area contributed by atoms with Gasteiger partial charge in [-0.15, -0.1) is 11.3 Å². The maximum Gasteiger partial charge on any atom is 0.295 e. The van der Waals surface area contributed by atoms with Crippen molar-refractivity contribution in [2.75, 3.05) is 5.32 Å². The summed E-state index contributed by atoms with van der Waals surface area (Å²) in [5.41, 5.74) is 4.97. The number of carbonyl (C=O) groups excluding carboxylic acids is 1. The summed E-state index contributed by atoms with van der Waals surface area (Å²) in [4.78, 5) is 21.8. The van der Waals surface area contributed by atoms with Crippen molar-refractivity contribution in [1.82, 2.24) is 0 Å². The molecule has 104 valence electrons. The molecule has 6 nitrogen and oxygen atoms in total. The van der Waals surface area contributed by atoms with Crippen molar-refractivity contribution >= 4 is 28.6 Å². The minimum Gasteiger partial charge on any atom is -0.372 e. The molecule has 1 aromatic heterocycles. The predicted octanol–water partition coefficient (Wildman–Crippen LogP) is 2.51. The normalized spacial score (nSPS) is 10.2. The van der Waals surface area contributed by atoms with Crippen LogP contribution in [0.4, 0.5) is 15.8 Å². The molecule has 0 aliphatic heterocycles. The Balaban J connectivity index is 2.18. The molecule has 0 saturated carbocycles. The SMILES string of the molecule is NC(=O)c1csc(CNc2c(F)cccc2[N+](=O)[O-])c1. The first-order chi connectivity index (χ1) is 9.49. The van der Waals surface area contributed by atoms with Crippen LogP contribution in [0.2, 0.25) is 0 Å². The van der Waals surface area contributed by atoms with Gasteiger partial charge in [-0.3, -0.25) is 14.9 Å². The molecular formula is C12H10FN3O3S. The highest BCUT2D eigenvalue weighted by atomic mass is 32.1. The first-order valence-corrected chi connectivity index (χ1v) is 6.41.